The molecule has 0 fully saturated rings. The maximum absolute atomic E-state index is 12.0. The second kappa shape index (κ2) is 6.50. The largest absolute Gasteiger partial charge is 0.321 e. The molecular weight excluding hydrogens is 336 g/mol. The Morgan fingerprint density at radius 1 is 0.895 bits per heavy atom. The Bertz CT molecular complexity index is 456. The number of halogens is 5. The molecule has 0 bridgehead atoms. The molecule has 2 N–H and O–H groups in total. The summed E-state index contributed by atoms with van der Waals surface area (Å²) in [5.74, 6) is -3.08. The fourth-order valence-electron chi connectivity index (χ4n) is 1.13. The van der Waals surface area contributed by atoms with Gasteiger partial charge in [0.2, 0.25) is 0 Å². The summed E-state index contributed by atoms with van der Waals surface area (Å²) >= 11 is 2.99. The van der Waals surface area contributed by atoms with Gasteiger partial charge in [0.15, 0.2) is 0 Å². The van der Waals surface area contributed by atoms with Gasteiger partial charge in [0.05, 0.1) is 0 Å². The summed E-state index contributed by atoms with van der Waals surface area (Å²) in [6, 6.07) is 3.63. The van der Waals surface area contributed by atoms with Gasteiger partial charge in [-0.1, -0.05) is 15.9 Å². The van der Waals surface area contributed by atoms with E-state index in [1.54, 1.807) is 0 Å². The number of carbonyl (C=O) groups excluding carboxylic acids is 2. The SMILES string of the molecule is O=C(Nc1cc(Br)cc(NC(=O)C(F)F)c1)C(F)F. The van der Waals surface area contributed by atoms with Crippen molar-refractivity contribution >= 4 is 39.1 Å². The molecule has 0 aliphatic carbocycles. The molecule has 2 amide bonds. The van der Waals surface area contributed by atoms with Crippen molar-refractivity contribution in [2.24, 2.45) is 0 Å². The fourth-order valence-corrected chi connectivity index (χ4v) is 1.62. The van der Waals surface area contributed by atoms with Gasteiger partial charge in [-0.05, 0) is 18.2 Å². The number of amides is 2. The third-order valence-electron chi connectivity index (χ3n) is 1.83. The van der Waals surface area contributed by atoms with Crippen molar-refractivity contribution < 1.29 is 27.2 Å². The van der Waals surface area contributed by atoms with Crippen LogP contribution in [0.5, 0.6) is 0 Å². The van der Waals surface area contributed by atoms with Crippen molar-refractivity contribution in [3.8, 4) is 0 Å². The molecule has 0 spiro atoms. The Morgan fingerprint density at radius 2 is 1.26 bits per heavy atom. The average Bonchev–Trinajstić information content (AvgIpc) is 2.27. The van der Waals surface area contributed by atoms with Crippen molar-refractivity contribution in [1.29, 1.82) is 0 Å². The Balaban J connectivity index is 2.88. The first-order valence-electron chi connectivity index (χ1n) is 4.78. The molecule has 4 nitrogen and oxygen atoms in total. The van der Waals surface area contributed by atoms with Gasteiger partial charge in [0.25, 0.3) is 11.8 Å². The Hall–Kier alpha value is -1.64. The second-order valence-electron chi connectivity index (χ2n) is 3.31. The number of anilines is 2. The van der Waals surface area contributed by atoms with E-state index in [0.29, 0.717) is 4.47 Å². The lowest BCUT2D eigenvalue weighted by Crippen LogP contribution is -2.21. The first-order valence-corrected chi connectivity index (χ1v) is 5.57. The zero-order chi connectivity index (χ0) is 14.6. The van der Waals surface area contributed by atoms with Crippen LogP contribution in [0.15, 0.2) is 22.7 Å². The zero-order valence-corrected chi connectivity index (χ0v) is 10.7. The highest BCUT2D eigenvalue weighted by atomic mass is 79.9. The topological polar surface area (TPSA) is 58.2 Å². The van der Waals surface area contributed by atoms with E-state index in [-0.39, 0.29) is 11.4 Å². The lowest BCUT2D eigenvalue weighted by Gasteiger charge is -2.09. The van der Waals surface area contributed by atoms with Crippen molar-refractivity contribution in [2.75, 3.05) is 10.6 Å². The van der Waals surface area contributed by atoms with Crippen LogP contribution in [0, 0.1) is 0 Å². The molecule has 104 valence electrons. The number of alkyl halides is 4. The molecule has 0 aliphatic heterocycles. The number of rotatable bonds is 4. The van der Waals surface area contributed by atoms with E-state index in [1.165, 1.54) is 12.1 Å². The summed E-state index contributed by atoms with van der Waals surface area (Å²) in [6.07, 6.45) is -6.42. The molecule has 0 aliphatic rings. The number of nitrogens with one attached hydrogen (secondary N) is 2. The third kappa shape index (κ3) is 4.86. The number of carbonyl (C=O) groups is 2. The quantitative estimate of drug-likeness (QED) is 0.826. The second-order valence-corrected chi connectivity index (χ2v) is 4.22. The van der Waals surface area contributed by atoms with Crippen molar-refractivity contribution in [1.82, 2.24) is 0 Å². The van der Waals surface area contributed by atoms with Crippen LogP contribution in [0.3, 0.4) is 0 Å². The van der Waals surface area contributed by atoms with Gasteiger partial charge in [-0.3, -0.25) is 9.59 Å². The zero-order valence-electron chi connectivity index (χ0n) is 9.09. The van der Waals surface area contributed by atoms with Crippen LogP contribution in [-0.4, -0.2) is 24.7 Å². The molecule has 1 rings (SSSR count). The predicted octanol–water partition coefficient (Wildman–Crippen LogP) is 2.86. The van der Waals surface area contributed by atoms with Gasteiger partial charge in [-0.25, -0.2) is 0 Å². The molecule has 0 heterocycles. The summed E-state index contributed by atoms with van der Waals surface area (Å²) in [7, 11) is 0. The van der Waals surface area contributed by atoms with Crippen LogP contribution in [0.4, 0.5) is 28.9 Å². The Kier molecular flexibility index (Phi) is 5.28. The van der Waals surface area contributed by atoms with Gasteiger partial charge >= 0.3 is 12.9 Å². The van der Waals surface area contributed by atoms with Gasteiger partial charge in [0, 0.05) is 15.8 Å². The van der Waals surface area contributed by atoms with Crippen LogP contribution in [0.1, 0.15) is 0 Å². The van der Waals surface area contributed by atoms with Crippen LogP contribution in [0.25, 0.3) is 0 Å². The molecule has 1 aromatic carbocycles. The molecular formula is C10H7BrF4N2O2. The summed E-state index contributed by atoms with van der Waals surface area (Å²) in [5, 5.41) is 3.73. The third-order valence-corrected chi connectivity index (χ3v) is 2.29. The normalized spacial score (nSPS) is 10.7. The highest BCUT2D eigenvalue weighted by Gasteiger charge is 2.17. The molecule has 19 heavy (non-hydrogen) atoms. The summed E-state index contributed by atoms with van der Waals surface area (Å²) < 4.78 is 48.5. The van der Waals surface area contributed by atoms with Gasteiger partial charge in [-0.2, -0.15) is 17.6 Å². The number of hydrogen-bond donors (Lipinski definition) is 2. The standard InChI is InChI=1S/C10H7BrF4N2O2/c11-4-1-5(16-9(18)7(12)13)3-6(2-4)17-10(19)8(14)15/h1-3,7-8H,(H,16,18)(H,17,19). The lowest BCUT2D eigenvalue weighted by atomic mass is 10.2. The number of hydrogen-bond acceptors (Lipinski definition) is 2. The van der Waals surface area contributed by atoms with E-state index < -0.39 is 24.7 Å². The highest BCUT2D eigenvalue weighted by molar-refractivity contribution is 9.10. The van der Waals surface area contributed by atoms with Crippen molar-refractivity contribution in [2.45, 2.75) is 12.9 Å². The minimum absolute atomic E-state index is 0.0655. The molecule has 9 heteroatoms. The monoisotopic (exact) mass is 342 g/mol. The fraction of sp³-hybridized carbons (Fsp3) is 0.200. The van der Waals surface area contributed by atoms with Crippen LogP contribution in [-0.2, 0) is 9.59 Å². The molecule has 0 radical (unpaired) electrons. The smallest absolute Gasteiger partial charge is 0.315 e. The molecule has 0 unspecified atom stereocenters. The van der Waals surface area contributed by atoms with E-state index in [9.17, 15) is 27.2 Å². The van der Waals surface area contributed by atoms with Crippen molar-refractivity contribution in [3.05, 3.63) is 22.7 Å². The molecule has 0 saturated carbocycles. The van der Waals surface area contributed by atoms with E-state index >= 15 is 0 Å². The summed E-state index contributed by atoms with van der Waals surface area (Å²) in [5.41, 5.74) is -0.131. The first kappa shape index (κ1) is 15.4. The van der Waals surface area contributed by atoms with Crippen LogP contribution in [0.2, 0.25) is 0 Å². The molecule has 1 aromatic rings. The molecule has 0 saturated heterocycles. The van der Waals surface area contributed by atoms with Crippen molar-refractivity contribution in [3.63, 3.8) is 0 Å². The van der Waals surface area contributed by atoms with E-state index in [1.807, 2.05) is 10.6 Å². The lowest BCUT2D eigenvalue weighted by molar-refractivity contribution is -0.126. The summed E-state index contributed by atoms with van der Waals surface area (Å²) in [6.45, 7) is 0. The average molecular weight is 343 g/mol. The van der Waals surface area contributed by atoms with E-state index in [0.717, 1.165) is 6.07 Å². The predicted molar refractivity (Wildman–Crippen MR) is 63.4 cm³/mol. The Labute approximate surface area is 113 Å². The summed E-state index contributed by atoms with van der Waals surface area (Å²) in [4.78, 5) is 21.6. The highest BCUT2D eigenvalue weighted by Crippen LogP contribution is 2.23. The van der Waals surface area contributed by atoms with Gasteiger partial charge < -0.3 is 10.6 Å². The maximum Gasteiger partial charge on any atom is 0.315 e. The first-order chi connectivity index (χ1) is 8.79. The number of benzene rings is 1. The van der Waals surface area contributed by atoms with Crippen LogP contribution < -0.4 is 10.6 Å². The minimum atomic E-state index is -3.21. The maximum atomic E-state index is 12.0. The Morgan fingerprint density at radius 3 is 1.58 bits per heavy atom. The minimum Gasteiger partial charge on any atom is -0.321 e. The van der Waals surface area contributed by atoms with Crippen LogP contribution >= 0.6 is 15.9 Å². The van der Waals surface area contributed by atoms with E-state index in [2.05, 4.69) is 15.9 Å². The van der Waals surface area contributed by atoms with Gasteiger partial charge in [-0.15, -0.1) is 0 Å². The van der Waals surface area contributed by atoms with Gasteiger partial charge in [0.1, 0.15) is 0 Å². The van der Waals surface area contributed by atoms with E-state index in [4.69, 9.17) is 0 Å². The molecule has 0 atom stereocenters. The molecule has 0 aromatic heterocycles.